The van der Waals surface area contributed by atoms with Gasteiger partial charge in [-0.15, -0.1) is 0 Å². The average molecular weight is 287 g/mol. The van der Waals surface area contributed by atoms with Crippen LogP contribution in [0.25, 0.3) is 10.8 Å². The van der Waals surface area contributed by atoms with Crippen molar-refractivity contribution in [1.82, 2.24) is 5.32 Å². The Hall–Kier alpha value is -2.07. The van der Waals surface area contributed by atoms with Crippen LogP contribution in [0.5, 0.6) is 5.75 Å². The van der Waals surface area contributed by atoms with Gasteiger partial charge in [-0.3, -0.25) is 0 Å². The van der Waals surface area contributed by atoms with Crippen molar-refractivity contribution in [3.63, 3.8) is 0 Å². The fourth-order valence-corrected chi connectivity index (χ4v) is 2.45. The first-order valence-electron chi connectivity index (χ1n) is 7.09. The van der Waals surface area contributed by atoms with Crippen LogP contribution in [0.4, 0.5) is 0 Å². The largest absolute Gasteiger partial charge is 0.496 e. The van der Waals surface area contributed by atoms with Gasteiger partial charge in [0.15, 0.2) is 0 Å². The van der Waals surface area contributed by atoms with Crippen molar-refractivity contribution >= 4 is 16.7 Å². The number of benzene rings is 2. The number of ether oxygens (including phenoxy) is 2. The fraction of sp³-hybridized carbons (Fsp3) is 0.353. The van der Waals surface area contributed by atoms with Crippen LogP contribution in [0, 0.1) is 0 Å². The molecular formula is C17H21NO3. The minimum atomic E-state index is -0.467. The predicted octanol–water partition coefficient (Wildman–Crippen LogP) is 3.06. The maximum absolute atomic E-state index is 12.1. The van der Waals surface area contributed by atoms with E-state index in [9.17, 15) is 4.79 Å². The van der Waals surface area contributed by atoms with E-state index in [0.717, 1.165) is 35.1 Å². The van der Waals surface area contributed by atoms with E-state index >= 15 is 0 Å². The molecule has 0 radical (unpaired) electrons. The molecule has 0 fully saturated rings. The molecule has 2 aromatic rings. The van der Waals surface area contributed by atoms with Gasteiger partial charge in [0.2, 0.25) is 0 Å². The number of carbonyl (C=O) groups excluding carboxylic acids is 1. The Morgan fingerprint density at radius 1 is 1.14 bits per heavy atom. The Morgan fingerprint density at radius 3 is 2.48 bits per heavy atom. The topological polar surface area (TPSA) is 47.6 Å². The molecule has 2 aromatic carbocycles. The van der Waals surface area contributed by atoms with E-state index < -0.39 is 6.04 Å². The molecule has 1 unspecified atom stereocenters. The van der Waals surface area contributed by atoms with E-state index in [1.807, 2.05) is 36.4 Å². The Balaban J connectivity index is 2.54. The summed E-state index contributed by atoms with van der Waals surface area (Å²) < 4.78 is 10.3. The molecule has 0 spiro atoms. The minimum absolute atomic E-state index is 0.279. The Kier molecular flexibility index (Phi) is 5.17. The highest BCUT2D eigenvalue weighted by Gasteiger charge is 2.23. The smallest absolute Gasteiger partial charge is 0.327 e. The van der Waals surface area contributed by atoms with E-state index in [-0.39, 0.29) is 5.97 Å². The highest BCUT2D eigenvalue weighted by atomic mass is 16.5. The van der Waals surface area contributed by atoms with Crippen LogP contribution < -0.4 is 10.1 Å². The molecule has 0 aliphatic carbocycles. The van der Waals surface area contributed by atoms with Crippen LogP contribution in [0.15, 0.2) is 36.4 Å². The van der Waals surface area contributed by atoms with Crippen LogP contribution in [0.2, 0.25) is 0 Å². The van der Waals surface area contributed by atoms with Crippen molar-refractivity contribution in [1.29, 1.82) is 0 Å². The number of rotatable bonds is 6. The Bertz CT molecular complexity index is 624. The summed E-state index contributed by atoms with van der Waals surface area (Å²) in [5, 5.41) is 5.24. The minimum Gasteiger partial charge on any atom is -0.496 e. The number of hydrogen-bond acceptors (Lipinski definition) is 4. The van der Waals surface area contributed by atoms with Gasteiger partial charge >= 0.3 is 5.97 Å². The van der Waals surface area contributed by atoms with Gasteiger partial charge in [0, 0.05) is 5.39 Å². The second kappa shape index (κ2) is 7.09. The van der Waals surface area contributed by atoms with Crippen molar-refractivity contribution in [2.24, 2.45) is 0 Å². The Labute approximate surface area is 125 Å². The third kappa shape index (κ3) is 3.16. The maximum atomic E-state index is 12.1. The molecule has 2 rings (SSSR count). The second-order valence-corrected chi connectivity index (χ2v) is 4.81. The van der Waals surface area contributed by atoms with Gasteiger partial charge in [-0.05, 0) is 30.0 Å². The summed E-state index contributed by atoms with van der Waals surface area (Å²) in [5.41, 5.74) is 0.909. The van der Waals surface area contributed by atoms with Crippen LogP contribution in [-0.2, 0) is 9.53 Å². The maximum Gasteiger partial charge on any atom is 0.327 e. The summed E-state index contributed by atoms with van der Waals surface area (Å²) in [7, 11) is 3.06. The summed E-state index contributed by atoms with van der Waals surface area (Å²) in [4.78, 5) is 12.1. The monoisotopic (exact) mass is 287 g/mol. The number of esters is 1. The standard InChI is InChI=1S/C17H21NO3/c1-4-11-18-16(17(19)21-3)14-9-10-15(20-2)13-8-6-5-7-12(13)14/h5-10,16,18H,4,11H2,1-3H3. The van der Waals surface area contributed by atoms with Gasteiger partial charge in [0.25, 0.3) is 0 Å². The molecular weight excluding hydrogens is 266 g/mol. The Morgan fingerprint density at radius 2 is 1.86 bits per heavy atom. The van der Waals surface area contributed by atoms with Gasteiger partial charge in [0.05, 0.1) is 14.2 Å². The average Bonchev–Trinajstić information content (AvgIpc) is 2.54. The van der Waals surface area contributed by atoms with Crippen LogP contribution in [0.3, 0.4) is 0 Å². The van der Waals surface area contributed by atoms with Crippen molar-refractivity contribution in [3.8, 4) is 5.75 Å². The molecule has 0 bridgehead atoms. The van der Waals surface area contributed by atoms with Crippen LogP contribution >= 0.6 is 0 Å². The summed E-state index contributed by atoms with van der Waals surface area (Å²) in [5.74, 6) is 0.521. The zero-order valence-electron chi connectivity index (χ0n) is 12.7. The number of carbonyl (C=O) groups is 1. The summed E-state index contributed by atoms with van der Waals surface area (Å²) in [6.45, 7) is 2.81. The molecule has 0 aliphatic heterocycles. The van der Waals surface area contributed by atoms with Gasteiger partial charge in [-0.2, -0.15) is 0 Å². The molecule has 1 atom stereocenters. The fourth-order valence-electron chi connectivity index (χ4n) is 2.45. The lowest BCUT2D eigenvalue weighted by atomic mass is 9.98. The predicted molar refractivity (Wildman–Crippen MR) is 83.6 cm³/mol. The highest BCUT2D eigenvalue weighted by Crippen LogP contribution is 2.31. The van der Waals surface area contributed by atoms with Gasteiger partial charge in [0.1, 0.15) is 11.8 Å². The zero-order valence-corrected chi connectivity index (χ0v) is 12.7. The number of fused-ring (bicyclic) bond motifs is 1. The molecule has 1 N–H and O–H groups in total. The quantitative estimate of drug-likeness (QED) is 0.830. The van der Waals surface area contributed by atoms with E-state index in [4.69, 9.17) is 9.47 Å². The molecule has 0 amide bonds. The zero-order chi connectivity index (χ0) is 15.2. The lowest BCUT2D eigenvalue weighted by molar-refractivity contribution is -0.143. The van der Waals surface area contributed by atoms with E-state index in [1.165, 1.54) is 7.11 Å². The first-order valence-corrected chi connectivity index (χ1v) is 7.09. The van der Waals surface area contributed by atoms with Crippen LogP contribution in [0.1, 0.15) is 24.9 Å². The van der Waals surface area contributed by atoms with Gasteiger partial charge in [-0.1, -0.05) is 37.3 Å². The lowest BCUT2D eigenvalue weighted by Gasteiger charge is -2.19. The lowest BCUT2D eigenvalue weighted by Crippen LogP contribution is -2.30. The number of nitrogens with one attached hydrogen (secondary N) is 1. The summed E-state index contributed by atoms with van der Waals surface area (Å²) >= 11 is 0. The molecule has 4 heteroatoms. The molecule has 0 aliphatic rings. The SMILES string of the molecule is CCCNC(C(=O)OC)c1ccc(OC)c2ccccc12. The van der Waals surface area contributed by atoms with E-state index in [1.54, 1.807) is 7.11 Å². The first-order chi connectivity index (χ1) is 10.2. The van der Waals surface area contributed by atoms with Crippen molar-refractivity contribution in [3.05, 3.63) is 42.0 Å². The number of methoxy groups -OCH3 is 2. The second-order valence-electron chi connectivity index (χ2n) is 4.81. The molecule has 21 heavy (non-hydrogen) atoms. The van der Waals surface area contributed by atoms with Crippen molar-refractivity contribution < 1.29 is 14.3 Å². The molecule has 0 heterocycles. The van der Waals surface area contributed by atoms with Gasteiger partial charge in [-0.25, -0.2) is 4.79 Å². The van der Waals surface area contributed by atoms with E-state index in [0.29, 0.717) is 0 Å². The molecule has 0 saturated heterocycles. The highest BCUT2D eigenvalue weighted by molar-refractivity contribution is 5.94. The van der Waals surface area contributed by atoms with Crippen molar-refractivity contribution in [2.45, 2.75) is 19.4 Å². The molecule has 112 valence electrons. The molecule has 0 saturated carbocycles. The third-order valence-corrected chi connectivity index (χ3v) is 3.48. The van der Waals surface area contributed by atoms with Crippen molar-refractivity contribution in [2.75, 3.05) is 20.8 Å². The van der Waals surface area contributed by atoms with Gasteiger partial charge < -0.3 is 14.8 Å². The third-order valence-electron chi connectivity index (χ3n) is 3.48. The normalized spacial score (nSPS) is 12.1. The summed E-state index contributed by atoms with van der Waals surface area (Å²) in [6.07, 6.45) is 0.946. The first kappa shape index (κ1) is 15.3. The molecule has 0 aromatic heterocycles. The summed E-state index contributed by atoms with van der Waals surface area (Å²) in [6, 6.07) is 11.3. The van der Waals surface area contributed by atoms with Crippen LogP contribution in [-0.4, -0.2) is 26.7 Å². The molecule has 4 nitrogen and oxygen atoms in total. The van der Waals surface area contributed by atoms with E-state index in [2.05, 4.69) is 12.2 Å². The number of hydrogen-bond donors (Lipinski definition) is 1.